The van der Waals surface area contributed by atoms with Crippen LogP contribution in [-0.2, 0) is 4.74 Å². The maximum atomic E-state index is 12.9. The fourth-order valence-corrected chi connectivity index (χ4v) is 3.75. The summed E-state index contributed by atoms with van der Waals surface area (Å²) < 4.78 is 22.3. The van der Waals surface area contributed by atoms with Gasteiger partial charge < -0.3 is 23.9 Å². The number of amides is 1. The van der Waals surface area contributed by atoms with Crippen molar-refractivity contribution >= 4 is 5.91 Å². The molecule has 27 heavy (non-hydrogen) atoms. The molecule has 0 unspecified atom stereocenters. The lowest BCUT2D eigenvalue weighted by atomic mass is 10.0. The Labute approximate surface area is 158 Å². The van der Waals surface area contributed by atoms with Crippen molar-refractivity contribution in [2.45, 2.75) is 44.2 Å². The Kier molecular flexibility index (Phi) is 5.29. The second-order valence-corrected chi connectivity index (χ2v) is 6.88. The fourth-order valence-electron chi connectivity index (χ4n) is 3.75. The molecule has 1 N–H and O–H groups in total. The molecule has 0 bridgehead atoms. The average molecular weight is 372 g/mol. The van der Waals surface area contributed by atoms with Crippen molar-refractivity contribution in [3.8, 4) is 22.8 Å². The second-order valence-electron chi connectivity index (χ2n) is 6.88. The van der Waals surface area contributed by atoms with Gasteiger partial charge in [0.15, 0.2) is 29.3 Å². The molecule has 0 saturated heterocycles. The third kappa shape index (κ3) is 3.78. The molecule has 4 rings (SSSR count). The van der Waals surface area contributed by atoms with E-state index in [4.69, 9.17) is 18.6 Å². The zero-order valence-electron chi connectivity index (χ0n) is 15.4. The summed E-state index contributed by atoms with van der Waals surface area (Å²) in [6.45, 7) is 1.03. The maximum Gasteiger partial charge on any atom is 0.274 e. The molecule has 1 aromatic heterocycles. The van der Waals surface area contributed by atoms with Crippen LogP contribution in [-0.4, -0.2) is 43.4 Å². The van der Waals surface area contributed by atoms with E-state index in [0.717, 1.165) is 31.2 Å². The van der Waals surface area contributed by atoms with Crippen LogP contribution in [0, 0.1) is 0 Å². The highest BCUT2D eigenvalue weighted by Crippen LogP contribution is 2.35. The molecule has 2 atom stereocenters. The topological polar surface area (TPSA) is 82.8 Å². The first-order valence-corrected chi connectivity index (χ1v) is 9.43. The molecule has 1 aliphatic carbocycles. The van der Waals surface area contributed by atoms with E-state index in [2.05, 4.69) is 10.3 Å². The van der Waals surface area contributed by atoms with Crippen molar-refractivity contribution in [3.05, 3.63) is 30.3 Å². The SMILES string of the molecule is CO[C@H]1CCCCC[C@H]1NC(=O)c1ncoc1-c1ccc2c(c1)OCCO2. The van der Waals surface area contributed by atoms with Crippen molar-refractivity contribution in [2.24, 2.45) is 0 Å². The van der Waals surface area contributed by atoms with Gasteiger partial charge in [0.2, 0.25) is 0 Å². The quantitative estimate of drug-likeness (QED) is 0.830. The van der Waals surface area contributed by atoms with Crippen LogP contribution in [0.2, 0.25) is 0 Å². The Morgan fingerprint density at radius 2 is 1.96 bits per heavy atom. The van der Waals surface area contributed by atoms with Crippen LogP contribution in [0.25, 0.3) is 11.3 Å². The molecule has 144 valence electrons. The van der Waals surface area contributed by atoms with Gasteiger partial charge in [0.25, 0.3) is 5.91 Å². The lowest BCUT2D eigenvalue weighted by Crippen LogP contribution is -2.43. The van der Waals surface area contributed by atoms with E-state index in [1.54, 1.807) is 7.11 Å². The van der Waals surface area contributed by atoms with Crippen LogP contribution in [0.1, 0.15) is 42.6 Å². The number of benzene rings is 1. The minimum Gasteiger partial charge on any atom is -0.486 e. The minimum atomic E-state index is -0.248. The van der Waals surface area contributed by atoms with Crippen molar-refractivity contribution in [3.63, 3.8) is 0 Å². The number of aromatic nitrogens is 1. The molecule has 1 fully saturated rings. The summed E-state index contributed by atoms with van der Waals surface area (Å²) in [6.07, 6.45) is 6.55. The lowest BCUT2D eigenvalue weighted by molar-refractivity contribution is 0.0566. The number of fused-ring (bicyclic) bond motifs is 1. The molecule has 1 saturated carbocycles. The largest absolute Gasteiger partial charge is 0.486 e. The van der Waals surface area contributed by atoms with Gasteiger partial charge in [-0.05, 0) is 31.0 Å². The molecule has 7 heteroatoms. The van der Waals surface area contributed by atoms with Crippen molar-refractivity contribution in [1.82, 2.24) is 10.3 Å². The molecule has 1 aliphatic heterocycles. The Balaban J connectivity index is 1.55. The summed E-state index contributed by atoms with van der Waals surface area (Å²) in [6, 6.07) is 5.46. The van der Waals surface area contributed by atoms with E-state index < -0.39 is 0 Å². The molecular weight excluding hydrogens is 348 g/mol. The Bertz CT molecular complexity index is 803. The maximum absolute atomic E-state index is 12.9. The predicted molar refractivity (Wildman–Crippen MR) is 98.1 cm³/mol. The smallest absolute Gasteiger partial charge is 0.274 e. The third-order valence-corrected chi connectivity index (χ3v) is 5.16. The van der Waals surface area contributed by atoms with E-state index in [0.29, 0.717) is 30.5 Å². The monoisotopic (exact) mass is 372 g/mol. The van der Waals surface area contributed by atoms with Gasteiger partial charge in [-0.3, -0.25) is 4.79 Å². The molecule has 2 aliphatic rings. The summed E-state index contributed by atoms with van der Waals surface area (Å²) >= 11 is 0. The molecule has 0 radical (unpaired) electrons. The Morgan fingerprint density at radius 3 is 2.81 bits per heavy atom. The van der Waals surface area contributed by atoms with Gasteiger partial charge in [-0.15, -0.1) is 0 Å². The summed E-state index contributed by atoms with van der Waals surface area (Å²) in [7, 11) is 1.70. The van der Waals surface area contributed by atoms with Gasteiger partial charge in [0.1, 0.15) is 13.2 Å². The van der Waals surface area contributed by atoms with Gasteiger partial charge in [-0.1, -0.05) is 19.3 Å². The normalized spacial score (nSPS) is 22.1. The molecule has 0 spiro atoms. The number of carbonyl (C=O) groups excluding carboxylic acids is 1. The van der Waals surface area contributed by atoms with Gasteiger partial charge in [-0.25, -0.2) is 4.98 Å². The van der Waals surface area contributed by atoms with Gasteiger partial charge in [0.05, 0.1) is 12.1 Å². The molecule has 7 nitrogen and oxygen atoms in total. The van der Waals surface area contributed by atoms with Crippen molar-refractivity contribution in [1.29, 1.82) is 0 Å². The zero-order chi connectivity index (χ0) is 18.6. The second kappa shape index (κ2) is 8.00. The van der Waals surface area contributed by atoms with E-state index >= 15 is 0 Å². The van der Waals surface area contributed by atoms with Crippen molar-refractivity contribution < 1.29 is 23.4 Å². The number of hydrogen-bond donors (Lipinski definition) is 1. The number of ether oxygens (including phenoxy) is 3. The molecule has 1 amide bonds. The van der Waals surface area contributed by atoms with E-state index in [-0.39, 0.29) is 23.7 Å². The van der Waals surface area contributed by atoms with Crippen LogP contribution in [0.4, 0.5) is 0 Å². The Hall–Kier alpha value is -2.54. The highest BCUT2D eigenvalue weighted by atomic mass is 16.6. The summed E-state index contributed by atoms with van der Waals surface area (Å²) in [5.74, 6) is 1.51. The highest BCUT2D eigenvalue weighted by molar-refractivity contribution is 5.98. The lowest BCUT2D eigenvalue weighted by Gasteiger charge is -2.24. The fraction of sp³-hybridized carbons (Fsp3) is 0.500. The van der Waals surface area contributed by atoms with Gasteiger partial charge in [-0.2, -0.15) is 0 Å². The number of nitrogens with zero attached hydrogens (tertiary/aromatic N) is 1. The number of nitrogens with one attached hydrogen (secondary N) is 1. The van der Waals surface area contributed by atoms with E-state index in [1.807, 2.05) is 18.2 Å². The first kappa shape index (κ1) is 17.9. The van der Waals surface area contributed by atoms with Crippen LogP contribution < -0.4 is 14.8 Å². The van der Waals surface area contributed by atoms with E-state index in [1.165, 1.54) is 12.8 Å². The molecule has 2 aromatic rings. The van der Waals surface area contributed by atoms with Gasteiger partial charge in [0, 0.05) is 12.7 Å². The Morgan fingerprint density at radius 1 is 1.15 bits per heavy atom. The number of carbonyl (C=O) groups is 1. The van der Waals surface area contributed by atoms with E-state index in [9.17, 15) is 4.79 Å². The van der Waals surface area contributed by atoms with Crippen LogP contribution in [0.3, 0.4) is 0 Å². The standard InChI is InChI=1S/C20H24N2O5/c1-24-15-6-4-2-3-5-14(15)22-20(23)18-19(27-12-21-18)13-7-8-16-17(11-13)26-10-9-25-16/h7-8,11-12,14-15H,2-6,9-10H2,1H3,(H,22,23)/t14-,15+/m1/s1. The van der Waals surface area contributed by atoms with Crippen LogP contribution >= 0.6 is 0 Å². The predicted octanol–water partition coefficient (Wildman–Crippen LogP) is 3.19. The van der Waals surface area contributed by atoms with Crippen molar-refractivity contribution in [2.75, 3.05) is 20.3 Å². The first-order chi connectivity index (χ1) is 13.3. The summed E-state index contributed by atoms with van der Waals surface area (Å²) in [5, 5.41) is 3.09. The number of hydrogen-bond acceptors (Lipinski definition) is 6. The summed E-state index contributed by atoms with van der Waals surface area (Å²) in [5.41, 5.74) is 0.997. The minimum absolute atomic E-state index is 0.0187. The third-order valence-electron chi connectivity index (χ3n) is 5.16. The number of rotatable bonds is 4. The van der Waals surface area contributed by atoms with Crippen LogP contribution in [0.15, 0.2) is 29.0 Å². The number of methoxy groups -OCH3 is 1. The summed E-state index contributed by atoms with van der Waals surface area (Å²) in [4.78, 5) is 17.0. The highest BCUT2D eigenvalue weighted by Gasteiger charge is 2.28. The van der Waals surface area contributed by atoms with Gasteiger partial charge >= 0.3 is 0 Å². The zero-order valence-corrected chi connectivity index (χ0v) is 15.4. The average Bonchev–Trinajstić information content (AvgIpc) is 3.09. The molecular formula is C20H24N2O5. The molecule has 2 heterocycles. The first-order valence-electron chi connectivity index (χ1n) is 9.43. The van der Waals surface area contributed by atoms with Crippen LogP contribution in [0.5, 0.6) is 11.5 Å². The molecule has 1 aromatic carbocycles. The number of oxazole rings is 1.